The van der Waals surface area contributed by atoms with Gasteiger partial charge in [-0.3, -0.25) is 13.2 Å². The quantitative estimate of drug-likeness (QED) is 0.0820. The number of anilines is 3. The van der Waals surface area contributed by atoms with E-state index in [1.807, 2.05) is 73.2 Å². The summed E-state index contributed by atoms with van der Waals surface area (Å²) < 4.78 is 6.55. The number of nitrogens with zero attached hydrogens (tertiary/aromatic N) is 15. The summed E-state index contributed by atoms with van der Waals surface area (Å²) in [6.07, 6.45) is 28.6. The van der Waals surface area contributed by atoms with Crippen molar-refractivity contribution in [3.8, 4) is 67.5 Å². The molecule has 4 aliphatic rings. The number of likely N-dealkylation sites (tertiary alicyclic amines) is 1. The Morgan fingerprint density at radius 1 is 0.360 bits per heavy atom. The molecule has 0 spiro atoms. The van der Waals surface area contributed by atoms with Gasteiger partial charge in [0.15, 0.2) is 0 Å². The monoisotopic (exact) mass is 1470 g/mol. The van der Waals surface area contributed by atoms with E-state index in [9.17, 15) is 0 Å². The zero-order valence-corrected chi connectivity index (χ0v) is 64.3. The molecule has 0 amide bonds. The molecule has 19 rings (SSSR count). The van der Waals surface area contributed by atoms with Crippen LogP contribution in [0, 0.1) is 17.8 Å². The van der Waals surface area contributed by atoms with Gasteiger partial charge in [0.1, 0.15) is 68.6 Å². The van der Waals surface area contributed by atoms with E-state index >= 15 is 0 Å². The van der Waals surface area contributed by atoms with Crippen molar-refractivity contribution in [1.82, 2.24) is 72.8 Å². The van der Waals surface area contributed by atoms with Gasteiger partial charge >= 0.3 is 0 Å². The van der Waals surface area contributed by atoms with Crippen molar-refractivity contribution in [3.63, 3.8) is 0 Å². The third-order valence-corrected chi connectivity index (χ3v) is 24.0. The molecule has 1 aliphatic heterocycles. The fraction of sp³-hybridized carbons (Fsp3) is 0.323. The van der Waals surface area contributed by atoms with Gasteiger partial charge in [0.25, 0.3) is 0 Å². The van der Waals surface area contributed by atoms with Crippen molar-refractivity contribution in [2.24, 2.45) is 17.8 Å². The summed E-state index contributed by atoms with van der Waals surface area (Å²) >= 11 is 0. The molecule has 15 aromatic rings. The highest BCUT2D eigenvalue weighted by Gasteiger charge is 2.33. The lowest BCUT2D eigenvalue weighted by molar-refractivity contribution is 0.221. The molecule has 0 unspecified atom stereocenters. The van der Waals surface area contributed by atoms with Crippen LogP contribution in [0.1, 0.15) is 132 Å². The van der Waals surface area contributed by atoms with E-state index in [1.54, 1.807) is 18.6 Å². The number of hydrogen-bond acceptors (Lipinski definition) is 15. The smallest absolute Gasteiger partial charge is 0.150 e. The van der Waals surface area contributed by atoms with E-state index in [0.29, 0.717) is 35.2 Å². The van der Waals surface area contributed by atoms with Gasteiger partial charge in [-0.15, -0.1) is 0 Å². The molecule has 10 heterocycles. The Morgan fingerprint density at radius 3 is 1.02 bits per heavy atom. The topological polar surface area (TPSA) is 217 Å². The van der Waals surface area contributed by atoms with Gasteiger partial charge in [-0.05, 0) is 185 Å². The first-order chi connectivity index (χ1) is 54.4. The number of fused-ring (bicyclic) bond motifs is 6. The molecule has 6 N–H and O–H groups in total. The predicted molar refractivity (Wildman–Crippen MR) is 452 cm³/mol. The van der Waals surface area contributed by atoms with Gasteiger partial charge in [0.2, 0.25) is 0 Å². The maximum Gasteiger partial charge on any atom is 0.150 e. The third kappa shape index (κ3) is 15.5. The lowest BCUT2D eigenvalue weighted by Crippen LogP contribution is -2.29. The summed E-state index contributed by atoms with van der Waals surface area (Å²) in [5.74, 6) is 8.51. The van der Waals surface area contributed by atoms with Crippen LogP contribution in [0.25, 0.3) is 117 Å². The number of rotatable bonds is 16. The number of nitrogens with two attached hydrogens (primary N) is 3. The highest BCUT2D eigenvalue weighted by Crippen LogP contribution is 2.44. The van der Waals surface area contributed by atoms with Crippen LogP contribution >= 0.6 is 0 Å². The van der Waals surface area contributed by atoms with Crippen molar-refractivity contribution in [1.29, 1.82) is 0 Å². The van der Waals surface area contributed by atoms with Gasteiger partial charge in [-0.1, -0.05) is 153 Å². The molecular formula is C93H100N18. The highest BCUT2D eigenvalue weighted by atomic mass is 15.1. The predicted octanol–water partition coefficient (Wildman–Crippen LogP) is 19.0. The second-order valence-corrected chi connectivity index (χ2v) is 31.7. The lowest BCUT2D eigenvalue weighted by Gasteiger charge is -2.30. The van der Waals surface area contributed by atoms with Crippen molar-refractivity contribution in [3.05, 3.63) is 237 Å². The average molecular weight is 1470 g/mol. The van der Waals surface area contributed by atoms with Crippen LogP contribution in [0.3, 0.4) is 0 Å². The van der Waals surface area contributed by atoms with Crippen molar-refractivity contribution in [2.45, 2.75) is 115 Å². The van der Waals surface area contributed by atoms with E-state index < -0.39 is 0 Å². The van der Waals surface area contributed by atoms with Gasteiger partial charge < -0.3 is 31.9 Å². The Morgan fingerprint density at radius 2 is 0.685 bits per heavy atom. The number of imidazole rings is 3. The Balaban J connectivity index is 0.000000121. The largest absolute Gasteiger partial charge is 0.382 e. The summed E-state index contributed by atoms with van der Waals surface area (Å²) in [6, 6.07) is 62.7. The second kappa shape index (κ2) is 32.3. The molecule has 3 aliphatic carbocycles. The van der Waals surface area contributed by atoms with Crippen LogP contribution in [0.15, 0.2) is 219 Å². The van der Waals surface area contributed by atoms with Crippen LogP contribution < -0.4 is 17.2 Å². The maximum absolute atomic E-state index is 6.47. The highest BCUT2D eigenvalue weighted by molar-refractivity contribution is 5.94. The first-order valence-corrected chi connectivity index (χ1v) is 40.2. The number of aromatic nitrogens is 12. The Hall–Kier alpha value is -11.3. The van der Waals surface area contributed by atoms with Crippen molar-refractivity contribution >= 4 is 66.7 Å². The van der Waals surface area contributed by atoms with E-state index in [2.05, 4.69) is 198 Å². The Labute approximate surface area is 650 Å². The summed E-state index contributed by atoms with van der Waals surface area (Å²) in [5, 5.41) is 3.32. The molecule has 562 valence electrons. The molecule has 0 bridgehead atoms. The molecule has 0 atom stereocenters. The van der Waals surface area contributed by atoms with Gasteiger partial charge in [0.05, 0.1) is 33.6 Å². The molecular weight excluding hydrogens is 1370 g/mol. The summed E-state index contributed by atoms with van der Waals surface area (Å²) in [7, 11) is 6.55. The molecule has 111 heavy (non-hydrogen) atoms. The van der Waals surface area contributed by atoms with Gasteiger partial charge in [-0.2, -0.15) is 0 Å². The number of nitrogen functional groups attached to an aromatic ring is 3. The van der Waals surface area contributed by atoms with Crippen LogP contribution in [0.5, 0.6) is 0 Å². The summed E-state index contributed by atoms with van der Waals surface area (Å²) in [6.45, 7) is 9.52. The first kappa shape index (κ1) is 72.5. The number of pyridine rings is 3. The lowest BCUT2D eigenvalue weighted by atomic mass is 9.81. The maximum atomic E-state index is 6.47. The van der Waals surface area contributed by atoms with E-state index in [4.69, 9.17) is 47.1 Å². The standard InChI is InChI=1S/C32H34N6.C31H34N6.C30H32N6/c33-31-30-29(26-13-12-24-14-15-27(35-28(24)20-26)23-6-2-1-3-7-23)36-32(38(30)19-16-34-31)25-10-8-22(9-11-25)21-37-17-4-5-18-37;1-3-36(2)20-21-9-11-24(12-10-21)31-35-28(29-30(32)33-17-18-37(29)31)25-14-13-23-15-16-26(34-27(23)19-25)22-7-5-4-6-8-22;1-35(2)19-20-8-10-23(11-9-20)30-34-27(28-29(31)32-16-17-36(28)30)24-13-12-22-14-15-25(33-26(22)18-24)21-6-4-3-5-7-21/h1-3,6-7,12-16,19-20,22,25H,4-5,8-11,17-18,21H2,(H2,33,34);4-8,13-19,21,24H,3,9-12,20H2,1-2H3,(H2,32,33);3-7,12-18,20,23H,8-11,19H2,1-2H3,(H2,31,32). The van der Waals surface area contributed by atoms with Crippen molar-refractivity contribution < 1.29 is 0 Å². The third-order valence-electron chi connectivity index (χ3n) is 24.0. The zero-order valence-electron chi connectivity index (χ0n) is 64.3. The van der Waals surface area contributed by atoms with E-state index in [1.165, 1.54) is 90.4 Å². The van der Waals surface area contributed by atoms with Crippen molar-refractivity contribution in [2.75, 3.05) is 77.6 Å². The van der Waals surface area contributed by atoms with Crippen LogP contribution in [0.2, 0.25) is 0 Å². The van der Waals surface area contributed by atoms with Crippen LogP contribution in [-0.4, -0.2) is 133 Å². The minimum atomic E-state index is 0.425. The molecule has 6 aromatic carbocycles. The molecule has 4 fully saturated rings. The Bertz CT molecular complexity index is 5740. The molecule has 9 aromatic heterocycles. The fourth-order valence-electron chi connectivity index (χ4n) is 18.1. The second-order valence-electron chi connectivity index (χ2n) is 31.7. The first-order valence-electron chi connectivity index (χ1n) is 40.2. The minimum absolute atomic E-state index is 0.425. The van der Waals surface area contributed by atoms with Crippen LogP contribution in [0.4, 0.5) is 17.5 Å². The molecule has 1 saturated heterocycles. The average Bonchev–Trinajstić information content (AvgIpc) is 1.63. The normalized spacial score (nSPS) is 19.0. The minimum Gasteiger partial charge on any atom is -0.382 e. The van der Waals surface area contributed by atoms with Gasteiger partial charge in [0, 0.05) is 124 Å². The Kier molecular flexibility index (Phi) is 21.1. The summed E-state index contributed by atoms with van der Waals surface area (Å²) in [5.41, 5.74) is 36.9. The van der Waals surface area contributed by atoms with E-state index in [-0.39, 0.29) is 0 Å². The van der Waals surface area contributed by atoms with Gasteiger partial charge in [-0.25, -0.2) is 44.9 Å². The molecule has 18 heteroatoms. The van der Waals surface area contributed by atoms with E-state index in [0.717, 1.165) is 191 Å². The fourth-order valence-corrected chi connectivity index (χ4v) is 18.1. The zero-order chi connectivity index (χ0) is 75.5. The molecule has 18 nitrogen and oxygen atoms in total. The SMILES string of the molecule is CCN(C)CC1CCC(c2nc(-c3ccc4ccc(-c5ccccc5)nc4c3)c3c(N)nccn23)CC1.CN(C)CC1CCC(c2nc(-c3ccc4ccc(-c5ccccc5)nc4c3)c3c(N)nccn23)CC1.Nc1nccn2c(C3CCC(CN4CCCC4)CC3)nc(-c3ccc4ccc(-c5ccccc5)nc4c3)c12. The molecule has 0 radical (unpaired) electrons. The number of hydrogen-bond donors (Lipinski definition) is 3. The number of benzene rings is 6. The molecule has 3 saturated carbocycles. The van der Waals surface area contributed by atoms with Crippen LogP contribution in [-0.2, 0) is 0 Å². The summed E-state index contributed by atoms with van der Waals surface area (Å²) in [4.78, 5) is 51.3.